The van der Waals surface area contributed by atoms with Crippen LogP contribution in [-0.2, 0) is 9.53 Å². The minimum atomic E-state index is -0.380. The molecule has 35 heavy (non-hydrogen) atoms. The third kappa shape index (κ3) is 5.93. The lowest BCUT2D eigenvalue weighted by atomic mass is 10.2. The predicted molar refractivity (Wildman–Crippen MR) is 136 cm³/mol. The number of aromatic nitrogens is 4. The number of hydrogen-bond acceptors (Lipinski definition) is 7. The number of aromatic amines is 1. The lowest BCUT2D eigenvalue weighted by Crippen LogP contribution is -2.36. The molecule has 0 aliphatic carbocycles. The molecular weight excluding hydrogens is 442 g/mol. The van der Waals surface area contributed by atoms with Crippen LogP contribution < -0.4 is 10.6 Å². The summed E-state index contributed by atoms with van der Waals surface area (Å²) in [5, 5.41) is 7.95. The molecule has 1 aliphatic rings. The Kier molecular flexibility index (Phi) is 7.13. The van der Waals surface area contributed by atoms with Gasteiger partial charge in [0.05, 0.1) is 24.9 Å². The van der Waals surface area contributed by atoms with Crippen LogP contribution in [0.15, 0.2) is 49.1 Å². The summed E-state index contributed by atoms with van der Waals surface area (Å²) in [6, 6.07) is 9.80. The Hall–Kier alpha value is -4.00. The number of nitrogens with zero attached hydrogens (tertiary/aromatic N) is 4. The van der Waals surface area contributed by atoms with Gasteiger partial charge in [-0.25, -0.2) is 15.0 Å². The van der Waals surface area contributed by atoms with E-state index < -0.39 is 0 Å². The second kappa shape index (κ2) is 11.0. The minimum Gasteiger partial charge on any atom is -0.379 e. The maximum absolute atomic E-state index is 12.3. The highest BCUT2D eigenvalue weighted by Crippen LogP contribution is 2.26. The quantitative estimate of drug-likeness (QED) is 0.280. The van der Waals surface area contributed by atoms with Gasteiger partial charge < -0.3 is 15.0 Å². The Morgan fingerprint density at radius 2 is 2.03 bits per heavy atom. The molecule has 9 heteroatoms. The Labute approximate surface area is 203 Å². The number of pyridine rings is 1. The molecular formula is C26H27N7O2. The smallest absolute Gasteiger partial charge is 0.301 e. The first-order chi connectivity index (χ1) is 17.2. The minimum absolute atomic E-state index is 0.380. The SMILES string of the molecule is O=C(C#CCCCCN1CCOCC1)Nc1cc2c(Nc3ccc4[nH]ccc4c3)ncnc2cn1. The van der Waals surface area contributed by atoms with Crippen molar-refractivity contribution in [3.8, 4) is 11.8 Å². The molecule has 0 unspecified atom stereocenters. The van der Waals surface area contributed by atoms with Gasteiger partial charge in [-0.1, -0.05) is 5.92 Å². The summed E-state index contributed by atoms with van der Waals surface area (Å²) in [6.07, 6.45) is 7.73. The van der Waals surface area contributed by atoms with Crippen LogP contribution in [0, 0.1) is 11.8 Å². The molecule has 1 saturated heterocycles. The average Bonchev–Trinajstić information content (AvgIpc) is 3.35. The van der Waals surface area contributed by atoms with E-state index in [2.05, 4.69) is 47.3 Å². The molecule has 0 saturated carbocycles. The number of carbonyl (C=O) groups excluding carboxylic acids is 1. The van der Waals surface area contributed by atoms with Crippen molar-refractivity contribution in [2.75, 3.05) is 43.5 Å². The Morgan fingerprint density at radius 1 is 1.11 bits per heavy atom. The first kappa shape index (κ1) is 22.8. The van der Waals surface area contributed by atoms with Crippen molar-refractivity contribution in [1.82, 2.24) is 24.8 Å². The van der Waals surface area contributed by atoms with Crippen molar-refractivity contribution in [3.05, 3.63) is 49.1 Å². The molecule has 0 spiro atoms. The first-order valence-electron chi connectivity index (χ1n) is 11.8. The fourth-order valence-electron chi connectivity index (χ4n) is 4.06. The van der Waals surface area contributed by atoms with E-state index in [1.807, 2.05) is 30.5 Å². The summed E-state index contributed by atoms with van der Waals surface area (Å²) in [5.74, 6) is 6.29. The Balaban J connectivity index is 1.19. The summed E-state index contributed by atoms with van der Waals surface area (Å²) in [7, 11) is 0. The average molecular weight is 470 g/mol. The molecule has 3 N–H and O–H groups in total. The molecule has 1 aromatic carbocycles. The lowest BCUT2D eigenvalue weighted by molar-refractivity contribution is -0.111. The number of anilines is 3. The highest BCUT2D eigenvalue weighted by atomic mass is 16.5. The molecule has 5 rings (SSSR count). The van der Waals surface area contributed by atoms with E-state index in [0.717, 1.165) is 67.7 Å². The van der Waals surface area contributed by atoms with Gasteiger partial charge in [-0.15, -0.1) is 0 Å². The van der Waals surface area contributed by atoms with Gasteiger partial charge in [0.15, 0.2) is 0 Å². The number of H-pyrrole nitrogens is 1. The van der Waals surface area contributed by atoms with E-state index in [4.69, 9.17) is 4.74 Å². The molecule has 0 radical (unpaired) electrons. The molecule has 4 heterocycles. The van der Waals surface area contributed by atoms with Crippen molar-refractivity contribution in [2.24, 2.45) is 0 Å². The van der Waals surface area contributed by atoms with E-state index in [1.54, 1.807) is 12.3 Å². The molecule has 9 nitrogen and oxygen atoms in total. The number of fused-ring (bicyclic) bond motifs is 2. The van der Waals surface area contributed by atoms with Crippen molar-refractivity contribution in [3.63, 3.8) is 0 Å². The van der Waals surface area contributed by atoms with Crippen LogP contribution in [0.3, 0.4) is 0 Å². The van der Waals surface area contributed by atoms with Crippen LogP contribution >= 0.6 is 0 Å². The monoisotopic (exact) mass is 469 g/mol. The Bertz CT molecular complexity index is 1380. The van der Waals surface area contributed by atoms with E-state index in [-0.39, 0.29) is 5.91 Å². The van der Waals surface area contributed by atoms with Crippen LogP contribution in [0.25, 0.3) is 21.8 Å². The molecule has 1 amide bonds. The number of carbonyl (C=O) groups is 1. The lowest BCUT2D eigenvalue weighted by Gasteiger charge is -2.26. The zero-order valence-electron chi connectivity index (χ0n) is 19.4. The number of nitrogens with one attached hydrogen (secondary N) is 3. The van der Waals surface area contributed by atoms with Crippen molar-refractivity contribution >= 4 is 45.0 Å². The summed E-state index contributed by atoms with van der Waals surface area (Å²) < 4.78 is 5.36. The molecule has 0 bridgehead atoms. The zero-order valence-corrected chi connectivity index (χ0v) is 19.4. The summed E-state index contributed by atoms with van der Waals surface area (Å²) >= 11 is 0. The van der Waals surface area contributed by atoms with Gasteiger partial charge in [-0.3, -0.25) is 15.0 Å². The van der Waals surface area contributed by atoms with Crippen LogP contribution in [0.4, 0.5) is 17.3 Å². The largest absolute Gasteiger partial charge is 0.379 e. The van der Waals surface area contributed by atoms with Gasteiger partial charge >= 0.3 is 5.91 Å². The second-order valence-electron chi connectivity index (χ2n) is 8.38. The van der Waals surface area contributed by atoms with Crippen LogP contribution in [0.5, 0.6) is 0 Å². The van der Waals surface area contributed by atoms with Gasteiger partial charge in [-0.05, 0) is 55.6 Å². The third-order valence-corrected chi connectivity index (χ3v) is 5.91. The standard InChI is InChI=1S/C26H27N7O2/c34-25(5-3-1-2-4-10-33-11-13-35-14-12-33)32-24-16-21-23(17-28-24)29-18-30-26(21)31-20-6-7-22-19(15-20)8-9-27-22/h6-9,15-18,27H,1-2,4,10-14H2,(H,28,32,34)(H,29,30,31). The fourth-order valence-corrected chi connectivity index (χ4v) is 4.06. The predicted octanol–water partition coefficient (Wildman–Crippen LogP) is 3.69. The highest BCUT2D eigenvalue weighted by Gasteiger charge is 2.10. The van der Waals surface area contributed by atoms with Crippen LogP contribution in [0.1, 0.15) is 19.3 Å². The normalized spacial score (nSPS) is 13.9. The number of ether oxygens (including phenoxy) is 1. The highest BCUT2D eigenvalue weighted by molar-refractivity contribution is 6.04. The number of benzene rings is 1. The molecule has 4 aromatic rings. The van der Waals surface area contributed by atoms with Crippen molar-refractivity contribution in [1.29, 1.82) is 0 Å². The number of morpholine rings is 1. The van der Waals surface area contributed by atoms with Gasteiger partial charge in [-0.2, -0.15) is 0 Å². The molecule has 3 aromatic heterocycles. The number of amides is 1. The van der Waals surface area contributed by atoms with Gasteiger partial charge in [0.2, 0.25) is 0 Å². The zero-order chi connectivity index (χ0) is 23.9. The maximum atomic E-state index is 12.3. The Morgan fingerprint density at radius 3 is 2.94 bits per heavy atom. The fraction of sp³-hybridized carbons (Fsp3) is 0.308. The first-order valence-corrected chi connectivity index (χ1v) is 11.8. The number of unbranched alkanes of at least 4 members (excludes halogenated alkanes) is 2. The van der Waals surface area contributed by atoms with Gasteiger partial charge in [0, 0.05) is 47.7 Å². The van der Waals surface area contributed by atoms with Crippen molar-refractivity contribution in [2.45, 2.75) is 19.3 Å². The van der Waals surface area contributed by atoms with E-state index in [0.29, 0.717) is 23.6 Å². The summed E-state index contributed by atoms with van der Waals surface area (Å²) in [5.41, 5.74) is 2.64. The molecule has 0 atom stereocenters. The van der Waals surface area contributed by atoms with Crippen LogP contribution in [-0.4, -0.2) is 63.6 Å². The van der Waals surface area contributed by atoms with E-state index in [1.165, 1.54) is 6.33 Å². The maximum Gasteiger partial charge on any atom is 0.301 e. The summed E-state index contributed by atoms with van der Waals surface area (Å²) in [4.78, 5) is 30.9. The van der Waals surface area contributed by atoms with Crippen LogP contribution in [0.2, 0.25) is 0 Å². The summed E-state index contributed by atoms with van der Waals surface area (Å²) in [6.45, 7) is 4.68. The van der Waals surface area contributed by atoms with E-state index in [9.17, 15) is 4.79 Å². The topological polar surface area (TPSA) is 108 Å². The van der Waals surface area contributed by atoms with Gasteiger partial charge in [0.1, 0.15) is 18.0 Å². The number of rotatable bonds is 7. The van der Waals surface area contributed by atoms with Crippen molar-refractivity contribution < 1.29 is 9.53 Å². The third-order valence-electron chi connectivity index (χ3n) is 5.91. The molecule has 1 aliphatic heterocycles. The van der Waals surface area contributed by atoms with E-state index >= 15 is 0 Å². The van der Waals surface area contributed by atoms with Gasteiger partial charge in [0.25, 0.3) is 0 Å². The number of hydrogen-bond donors (Lipinski definition) is 3. The molecule has 1 fully saturated rings. The molecule has 178 valence electrons. The second-order valence-corrected chi connectivity index (χ2v) is 8.38.